The monoisotopic (exact) mass is 495 g/mol. The van der Waals surface area contributed by atoms with Crippen molar-refractivity contribution in [3.8, 4) is 11.8 Å². The lowest BCUT2D eigenvalue weighted by Crippen LogP contribution is -2.74. The first-order valence-electron chi connectivity index (χ1n) is 12.2. The lowest BCUT2D eigenvalue weighted by Gasteiger charge is -2.63. The van der Waals surface area contributed by atoms with Crippen molar-refractivity contribution >= 4 is 23.2 Å². The number of nitriles is 1. The molecule has 1 aliphatic carbocycles. The number of carbonyl (C=O) groups excluding carboxylic acids is 1. The van der Waals surface area contributed by atoms with E-state index in [1.54, 1.807) is 18.2 Å². The summed E-state index contributed by atoms with van der Waals surface area (Å²) in [7, 11) is 0. The average molecular weight is 496 g/mol. The zero-order chi connectivity index (χ0) is 25.4. The third-order valence-corrected chi connectivity index (χ3v) is 8.12. The Labute approximate surface area is 212 Å². The molecule has 1 saturated carbocycles. The fourth-order valence-electron chi connectivity index (χ4n) is 6.01. The summed E-state index contributed by atoms with van der Waals surface area (Å²) in [4.78, 5) is 15.4. The number of nitrogens with one attached hydrogen (secondary N) is 1. The molecule has 0 spiro atoms. The van der Waals surface area contributed by atoms with E-state index in [0.29, 0.717) is 27.8 Å². The highest BCUT2D eigenvalue weighted by atomic mass is 35.5. The van der Waals surface area contributed by atoms with E-state index in [-0.39, 0.29) is 35.5 Å². The summed E-state index contributed by atoms with van der Waals surface area (Å²) < 4.78 is 6.31. The van der Waals surface area contributed by atoms with Gasteiger partial charge in [-0.1, -0.05) is 39.3 Å². The van der Waals surface area contributed by atoms with Crippen molar-refractivity contribution in [2.75, 3.05) is 24.6 Å². The lowest BCUT2D eigenvalue weighted by molar-refractivity contribution is -0.164. The molecule has 2 aromatic rings. The van der Waals surface area contributed by atoms with Crippen LogP contribution in [0, 0.1) is 28.1 Å². The van der Waals surface area contributed by atoms with Crippen LogP contribution in [0.3, 0.4) is 0 Å². The molecule has 0 bridgehead atoms. The topological polar surface area (TPSA) is 85.6 Å². The molecule has 1 heterocycles. The van der Waals surface area contributed by atoms with Crippen LogP contribution in [-0.4, -0.2) is 42.9 Å². The van der Waals surface area contributed by atoms with Gasteiger partial charge in [0.15, 0.2) is 0 Å². The third kappa shape index (κ3) is 4.85. The Morgan fingerprint density at radius 1 is 1.14 bits per heavy atom. The quantitative estimate of drug-likeness (QED) is 0.586. The molecule has 0 unspecified atom stereocenters. The molecule has 4 rings (SSSR count). The number of aliphatic hydroxyl groups is 1. The maximum atomic E-state index is 13.1. The number of anilines is 1. The van der Waals surface area contributed by atoms with Gasteiger partial charge in [0, 0.05) is 47.8 Å². The normalized spacial score (nSPS) is 23.2. The molecule has 2 fully saturated rings. The number of piperidine rings is 1. The van der Waals surface area contributed by atoms with E-state index in [1.165, 1.54) is 0 Å². The second-order valence-corrected chi connectivity index (χ2v) is 11.4. The van der Waals surface area contributed by atoms with Crippen LogP contribution in [-0.2, 0) is 0 Å². The molecule has 2 aliphatic rings. The minimum absolute atomic E-state index is 0.0903. The second kappa shape index (κ2) is 9.72. The SMILES string of the molecule is CC1(C)C(NC(=O)c2ccc(N3CCC(CO)CC3)cc2)C(C)(C)C1Oc1ccc(Cl)c(C#N)c1. The zero-order valence-electron chi connectivity index (χ0n) is 20.8. The summed E-state index contributed by atoms with van der Waals surface area (Å²) in [5, 5.41) is 22.3. The van der Waals surface area contributed by atoms with Crippen molar-refractivity contribution in [3.05, 3.63) is 58.6 Å². The zero-order valence-corrected chi connectivity index (χ0v) is 21.6. The highest BCUT2D eigenvalue weighted by molar-refractivity contribution is 6.31. The summed E-state index contributed by atoms with van der Waals surface area (Å²) in [6, 6.07) is 14.9. The van der Waals surface area contributed by atoms with Gasteiger partial charge in [-0.25, -0.2) is 0 Å². The number of ether oxygens (including phenoxy) is 1. The molecule has 2 N–H and O–H groups in total. The Morgan fingerprint density at radius 2 is 1.77 bits per heavy atom. The van der Waals surface area contributed by atoms with Gasteiger partial charge in [0.2, 0.25) is 0 Å². The molecular formula is C28H34ClN3O3. The van der Waals surface area contributed by atoms with Gasteiger partial charge in [-0.15, -0.1) is 0 Å². The molecule has 1 aliphatic heterocycles. The van der Waals surface area contributed by atoms with Gasteiger partial charge in [0.25, 0.3) is 5.91 Å². The average Bonchev–Trinajstić information content (AvgIpc) is 2.86. The van der Waals surface area contributed by atoms with Gasteiger partial charge in [0.05, 0.1) is 10.6 Å². The van der Waals surface area contributed by atoms with Gasteiger partial charge in [-0.3, -0.25) is 4.79 Å². The van der Waals surface area contributed by atoms with Crippen LogP contribution in [0.1, 0.15) is 56.5 Å². The van der Waals surface area contributed by atoms with E-state index in [1.807, 2.05) is 24.3 Å². The standard InChI is InChI=1S/C28H34ClN3O3/c1-27(2)25(28(3,4)26(27)35-22-9-10-23(29)20(15-22)16-30)31-24(34)19-5-7-21(8-6-19)32-13-11-18(17-33)12-14-32/h5-10,15,18,25-26,33H,11-14,17H2,1-4H3,(H,31,34). The first kappa shape index (κ1) is 25.3. The molecule has 0 radical (unpaired) electrons. The fourth-order valence-corrected chi connectivity index (χ4v) is 6.17. The van der Waals surface area contributed by atoms with E-state index in [2.05, 4.69) is 44.0 Å². The maximum Gasteiger partial charge on any atom is 0.251 e. The third-order valence-electron chi connectivity index (χ3n) is 7.79. The minimum atomic E-state index is -0.317. The molecule has 6 nitrogen and oxygen atoms in total. The van der Waals surface area contributed by atoms with Crippen molar-refractivity contribution in [1.29, 1.82) is 5.26 Å². The number of carbonyl (C=O) groups is 1. The Hall–Kier alpha value is -2.75. The number of amides is 1. The molecule has 35 heavy (non-hydrogen) atoms. The molecule has 2 aromatic carbocycles. The molecule has 0 atom stereocenters. The highest BCUT2D eigenvalue weighted by Crippen LogP contribution is 2.55. The van der Waals surface area contributed by atoms with E-state index < -0.39 is 0 Å². The fraction of sp³-hybridized carbons (Fsp3) is 0.500. The Kier molecular flexibility index (Phi) is 7.04. The second-order valence-electron chi connectivity index (χ2n) is 11.0. The van der Waals surface area contributed by atoms with Crippen molar-refractivity contribution in [3.63, 3.8) is 0 Å². The maximum absolute atomic E-state index is 13.1. The van der Waals surface area contributed by atoms with E-state index in [9.17, 15) is 15.2 Å². The van der Waals surface area contributed by atoms with Gasteiger partial charge >= 0.3 is 0 Å². The number of halogens is 1. The predicted octanol–water partition coefficient (Wildman–Crippen LogP) is 5.03. The van der Waals surface area contributed by atoms with Crippen molar-refractivity contribution in [2.24, 2.45) is 16.7 Å². The number of aliphatic hydroxyl groups excluding tert-OH is 1. The Morgan fingerprint density at radius 3 is 2.34 bits per heavy atom. The van der Waals surface area contributed by atoms with Crippen molar-refractivity contribution < 1.29 is 14.6 Å². The van der Waals surface area contributed by atoms with Gasteiger partial charge in [-0.05, 0) is 61.2 Å². The largest absolute Gasteiger partial charge is 0.489 e. The van der Waals surface area contributed by atoms with Crippen LogP contribution in [0.2, 0.25) is 5.02 Å². The first-order chi connectivity index (χ1) is 16.6. The highest BCUT2D eigenvalue weighted by Gasteiger charge is 2.64. The van der Waals surface area contributed by atoms with Gasteiger partial charge < -0.3 is 20.1 Å². The van der Waals surface area contributed by atoms with Crippen LogP contribution in [0.25, 0.3) is 0 Å². The van der Waals surface area contributed by atoms with Gasteiger partial charge in [-0.2, -0.15) is 5.26 Å². The predicted molar refractivity (Wildman–Crippen MR) is 138 cm³/mol. The molecule has 7 heteroatoms. The summed E-state index contributed by atoms with van der Waals surface area (Å²) in [6.45, 7) is 10.5. The van der Waals surface area contributed by atoms with Crippen molar-refractivity contribution in [2.45, 2.75) is 52.7 Å². The van der Waals surface area contributed by atoms with Crippen LogP contribution in [0.5, 0.6) is 5.75 Å². The molecule has 186 valence electrons. The van der Waals surface area contributed by atoms with Crippen LogP contribution < -0.4 is 15.0 Å². The van der Waals surface area contributed by atoms with E-state index in [0.717, 1.165) is 31.6 Å². The number of benzene rings is 2. The van der Waals surface area contributed by atoms with E-state index in [4.69, 9.17) is 16.3 Å². The van der Waals surface area contributed by atoms with Crippen molar-refractivity contribution in [1.82, 2.24) is 5.32 Å². The van der Waals surface area contributed by atoms with Gasteiger partial charge in [0.1, 0.15) is 17.9 Å². The summed E-state index contributed by atoms with van der Waals surface area (Å²) in [5.41, 5.74) is 1.48. The molecule has 1 saturated heterocycles. The van der Waals surface area contributed by atoms with Crippen LogP contribution in [0.15, 0.2) is 42.5 Å². The van der Waals surface area contributed by atoms with Crippen LogP contribution >= 0.6 is 11.6 Å². The summed E-state index contributed by atoms with van der Waals surface area (Å²) >= 11 is 6.06. The Balaban J connectivity index is 1.41. The van der Waals surface area contributed by atoms with E-state index >= 15 is 0 Å². The molecule has 1 amide bonds. The number of hydrogen-bond donors (Lipinski definition) is 2. The minimum Gasteiger partial charge on any atom is -0.489 e. The van der Waals surface area contributed by atoms with Crippen LogP contribution in [0.4, 0.5) is 5.69 Å². The molecule has 0 aromatic heterocycles. The lowest BCUT2D eigenvalue weighted by atomic mass is 9.49. The number of hydrogen-bond acceptors (Lipinski definition) is 5. The first-order valence-corrected chi connectivity index (χ1v) is 12.6. The summed E-state index contributed by atoms with van der Waals surface area (Å²) in [5.74, 6) is 0.894. The Bertz CT molecular complexity index is 1100. The number of nitrogens with zero attached hydrogens (tertiary/aromatic N) is 2. The number of rotatable bonds is 6. The summed E-state index contributed by atoms with van der Waals surface area (Å²) in [6.07, 6.45) is 1.82. The molecular weight excluding hydrogens is 462 g/mol. The smallest absolute Gasteiger partial charge is 0.251 e.